The van der Waals surface area contributed by atoms with Crippen LogP contribution in [0.5, 0.6) is 0 Å². The fourth-order valence-corrected chi connectivity index (χ4v) is 5.79. The van der Waals surface area contributed by atoms with Gasteiger partial charge >= 0.3 is 0 Å². The summed E-state index contributed by atoms with van der Waals surface area (Å²) in [4.78, 5) is 19.0. The summed E-state index contributed by atoms with van der Waals surface area (Å²) in [5.74, 6) is 0.927. The van der Waals surface area contributed by atoms with E-state index in [1.807, 2.05) is 31.2 Å². The average Bonchev–Trinajstić information content (AvgIpc) is 3.04. The predicted octanol–water partition coefficient (Wildman–Crippen LogP) is 3.36. The summed E-state index contributed by atoms with van der Waals surface area (Å²) in [5, 5.41) is 2.75. The van der Waals surface area contributed by atoms with Crippen LogP contribution >= 0.6 is 0 Å². The molecule has 1 saturated heterocycles. The highest BCUT2D eigenvalue weighted by Gasteiger charge is 2.23. The van der Waals surface area contributed by atoms with Gasteiger partial charge in [0.2, 0.25) is 11.8 Å². The number of nitrogens with zero attached hydrogens (tertiary/aromatic N) is 2. The second kappa shape index (κ2) is 10.6. The van der Waals surface area contributed by atoms with Gasteiger partial charge in [-0.05, 0) is 56.7 Å². The molecule has 1 fully saturated rings. The maximum atomic E-state index is 12.6. The van der Waals surface area contributed by atoms with E-state index in [0.29, 0.717) is 35.7 Å². The van der Waals surface area contributed by atoms with Crippen LogP contribution in [-0.2, 0) is 20.4 Å². The molecule has 0 aliphatic carbocycles. The molecule has 1 aliphatic heterocycles. The fraction of sp³-hybridized carbons (Fsp3) is 0.583. The third kappa shape index (κ3) is 6.90. The number of hydrogen-bond donors (Lipinski definition) is 1. The van der Waals surface area contributed by atoms with Gasteiger partial charge in [-0.2, -0.15) is 0 Å². The van der Waals surface area contributed by atoms with E-state index in [-0.39, 0.29) is 5.75 Å². The van der Waals surface area contributed by atoms with E-state index < -0.39 is 21.5 Å². The van der Waals surface area contributed by atoms with Crippen molar-refractivity contribution in [2.75, 3.05) is 31.9 Å². The van der Waals surface area contributed by atoms with E-state index in [1.54, 1.807) is 6.92 Å². The molecule has 3 rings (SSSR count). The molecular formula is C24H35N3O4S. The fourth-order valence-electron chi connectivity index (χ4n) is 4.51. The molecule has 1 aromatic carbocycles. The van der Waals surface area contributed by atoms with Crippen molar-refractivity contribution in [3.8, 4) is 11.5 Å². The highest BCUT2D eigenvalue weighted by molar-refractivity contribution is 7.91. The lowest BCUT2D eigenvalue weighted by atomic mass is 9.92. The van der Waals surface area contributed by atoms with E-state index in [2.05, 4.69) is 29.0 Å². The SMILES string of the molecule is Cc1ccccc1-c1nc(CS(=O)(=O)CC(=O)NCCCN2C[C@@H](C)C[C@H](C)C2)c(C)o1. The molecule has 176 valence electrons. The Kier molecular flexibility index (Phi) is 8.11. The molecule has 1 aliphatic rings. The maximum absolute atomic E-state index is 12.6. The Morgan fingerprint density at radius 3 is 2.56 bits per heavy atom. The molecule has 32 heavy (non-hydrogen) atoms. The lowest BCUT2D eigenvalue weighted by Gasteiger charge is -2.34. The summed E-state index contributed by atoms with van der Waals surface area (Å²) in [6.07, 6.45) is 2.08. The molecule has 0 saturated carbocycles. The maximum Gasteiger partial charge on any atom is 0.235 e. The zero-order valence-electron chi connectivity index (χ0n) is 19.6. The first kappa shape index (κ1) is 24.5. The van der Waals surface area contributed by atoms with Gasteiger partial charge in [-0.1, -0.05) is 32.0 Å². The number of sulfone groups is 1. The number of benzene rings is 1. The number of amides is 1. The zero-order valence-corrected chi connectivity index (χ0v) is 20.4. The number of aromatic nitrogens is 1. The summed E-state index contributed by atoms with van der Waals surface area (Å²) in [7, 11) is -3.65. The van der Waals surface area contributed by atoms with Crippen LogP contribution < -0.4 is 5.32 Å². The Bertz CT molecular complexity index is 1020. The van der Waals surface area contributed by atoms with Crippen LogP contribution in [0, 0.1) is 25.7 Å². The van der Waals surface area contributed by atoms with Crippen molar-refractivity contribution >= 4 is 15.7 Å². The molecule has 0 unspecified atom stereocenters. The minimum absolute atomic E-state index is 0.314. The predicted molar refractivity (Wildman–Crippen MR) is 126 cm³/mol. The summed E-state index contributed by atoms with van der Waals surface area (Å²) >= 11 is 0. The smallest absolute Gasteiger partial charge is 0.235 e. The van der Waals surface area contributed by atoms with Gasteiger partial charge < -0.3 is 14.6 Å². The van der Waals surface area contributed by atoms with Crippen molar-refractivity contribution in [2.24, 2.45) is 11.8 Å². The Morgan fingerprint density at radius 2 is 1.88 bits per heavy atom. The van der Waals surface area contributed by atoms with Crippen LogP contribution in [0.15, 0.2) is 28.7 Å². The summed E-state index contributed by atoms with van der Waals surface area (Å²) in [6, 6.07) is 7.64. The first-order valence-corrected chi connectivity index (χ1v) is 13.2. The molecular weight excluding hydrogens is 426 g/mol. The number of rotatable bonds is 9. The van der Waals surface area contributed by atoms with E-state index in [4.69, 9.17) is 4.42 Å². The van der Waals surface area contributed by atoms with Gasteiger partial charge in [-0.3, -0.25) is 4.79 Å². The van der Waals surface area contributed by atoms with E-state index in [0.717, 1.165) is 37.2 Å². The highest BCUT2D eigenvalue weighted by atomic mass is 32.2. The van der Waals surface area contributed by atoms with Crippen LogP contribution in [0.1, 0.15) is 43.7 Å². The van der Waals surface area contributed by atoms with Gasteiger partial charge in [0, 0.05) is 25.2 Å². The minimum atomic E-state index is -3.65. The Morgan fingerprint density at radius 1 is 1.19 bits per heavy atom. The number of oxazole rings is 1. The number of carbonyl (C=O) groups is 1. The molecule has 0 bridgehead atoms. The summed E-state index contributed by atoms with van der Waals surface area (Å²) in [6.45, 7) is 11.8. The molecule has 7 nitrogen and oxygen atoms in total. The number of piperidine rings is 1. The highest BCUT2D eigenvalue weighted by Crippen LogP contribution is 2.25. The van der Waals surface area contributed by atoms with Crippen molar-refractivity contribution in [1.82, 2.24) is 15.2 Å². The number of hydrogen-bond acceptors (Lipinski definition) is 6. The van der Waals surface area contributed by atoms with Gasteiger partial charge in [-0.25, -0.2) is 13.4 Å². The molecule has 8 heteroatoms. The number of nitrogens with one attached hydrogen (secondary N) is 1. The van der Waals surface area contributed by atoms with E-state index in [1.165, 1.54) is 6.42 Å². The first-order chi connectivity index (χ1) is 15.1. The third-order valence-corrected chi connectivity index (χ3v) is 7.31. The van der Waals surface area contributed by atoms with Crippen LogP contribution in [0.4, 0.5) is 0 Å². The van der Waals surface area contributed by atoms with Crippen molar-refractivity contribution < 1.29 is 17.6 Å². The Labute approximate surface area is 191 Å². The zero-order chi connectivity index (χ0) is 23.3. The van der Waals surface area contributed by atoms with Gasteiger partial charge in [0.25, 0.3) is 0 Å². The minimum Gasteiger partial charge on any atom is -0.441 e. The quantitative estimate of drug-likeness (QED) is 0.576. The normalized spacial score (nSPS) is 19.8. The topological polar surface area (TPSA) is 92.5 Å². The Hall–Kier alpha value is -2.19. The second-order valence-electron chi connectivity index (χ2n) is 9.28. The van der Waals surface area contributed by atoms with Crippen molar-refractivity contribution in [3.63, 3.8) is 0 Å². The van der Waals surface area contributed by atoms with E-state index in [9.17, 15) is 13.2 Å². The third-order valence-electron chi connectivity index (χ3n) is 5.89. The first-order valence-electron chi connectivity index (χ1n) is 11.3. The van der Waals surface area contributed by atoms with E-state index >= 15 is 0 Å². The lowest BCUT2D eigenvalue weighted by molar-refractivity contribution is -0.118. The van der Waals surface area contributed by atoms with Gasteiger partial charge in [-0.15, -0.1) is 0 Å². The van der Waals surface area contributed by atoms with Crippen LogP contribution in [0.25, 0.3) is 11.5 Å². The lowest BCUT2D eigenvalue weighted by Crippen LogP contribution is -2.40. The van der Waals surface area contributed by atoms with Gasteiger partial charge in [0.05, 0.1) is 11.4 Å². The molecule has 2 atom stereocenters. The van der Waals surface area contributed by atoms with Gasteiger partial charge in [0.15, 0.2) is 9.84 Å². The molecule has 1 N–H and O–H groups in total. The number of aryl methyl sites for hydroxylation is 2. The molecule has 0 spiro atoms. The van der Waals surface area contributed by atoms with Crippen LogP contribution in [-0.4, -0.2) is 56.1 Å². The molecule has 1 amide bonds. The number of carbonyl (C=O) groups excluding carboxylic acids is 1. The molecule has 1 aromatic heterocycles. The molecule has 2 heterocycles. The standard InChI is InChI=1S/C24H35N3O4S/c1-17-12-18(2)14-27(13-17)11-7-10-25-23(28)16-32(29,30)15-22-20(4)31-24(26-22)21-9-6-5-8-19(21)3/h5-6,8-9,17-18H,7,10-16H2,1-4H3,(H,25,28)/t17-,18-/m0/s1. The average molecular weight is 462 g/mol. The summed E-state index contributed by atoms with van der Waals surface area (Å²) in [5.41, 5.74) is 2.18. The van der Waals surface area contributed by atoms with Crippen molar-refractivity contribution in [2.45, 2.75) is 46.3 Å². The van der Waals surface area contributed by atoms with Crippen LogP contribution in [0.3, 0.4) is 0 Å². The molecule has 0 radical (unpaired) electrons. The monoisotopic (exact) mass is 461 g/mol. The summed E-state index contributed by atoms with van der Waals surface area (Å²) < 4.78 is 30.9. The van der Waals surface area contributed by atoms with Gasteiger partial charge in [0.1, 0.15) is 11.5 Å². The number of likely N-dealkylation sites (tertiary alicyclic amines) is 1. The molecule has 2 aromatic rings. The largest absolute Gasteiger partial charge is 0.441 e. The second-order valence-corrected chi connectivity index (χ2v) is 11.3. The van der Waals surface area contributed by atoms with Crippen LogP contribution in [0.2, 0.25) is 0 Å². The van der Waals surface area contributed by atoms with Crippen molar-refractivity contribution in [1.29, 1.82) is 0 Å². The Balaban J connectivity index is 1.48. The van der Waals surface area contributed by atoms with Crippen molar-refractivity contribution in [3.05, 3.63) is 41.3 Å².